The highest BCUT2D eigenvalue weighted by molar-refractivity contribution is 6.34. The molecule has 0 saturated heterocycles. The summed E-state index contributed by atoms with van der Waals surface area (Å²) in [6.07, 6.45) is -3.75. The van der Waals surface area contributed by atoms with Crippen molar-refractivity contribution in [1.29, 1.82) is 0 Å². The van der Waals surface area contributed by atoms with E-state index in [0.717, 1.165) is 47.5 Å². The molecule has 0 aliphatic heterocycles. The lowest BCUT2D eigenvalue weighted by Gasteiger charge is -2.20. The van der Waals surface area contributed by atoms with Gasteiger partial charge in [-0.15, -0.1) is 0 Å². The van der Waals surface area contributed by atoms with E-state index in [4.69, 9.17) is 23.2 Å². The summed E-state index contributed by atoms with van der Waals surface area (Å²) in [6, 6.07) is 20.6. The zero-order chi connectivity index (χ0) is 57.9. The Labute approximate surface area is 459 Å². The van der Waals surface area contributed by atoms with Gasteiger partial charge in [0.25, 0.3) is 11.8 Å². The molecule has 4 aromatic carbocycles. The van der Waals surface area contributed by atoms with E-state index in [0.29, 0.717) is 50.4 Å². The van der Waals surface area contributed by atoms with E-state index >= 15 is 0 Å². The standard InChI is InChI=1S/C28H34ClF3N4O3.C28H32ClF3N4O3/c2*1-5-36-16-24(35-26(36)27(3,4)39)19-8-6-18(7-9-19)14-21(12-13-37)34-25(38)20-10-11-23(22(29)15-20)33-17(2)28(30,31)32/h6-11,15-17,21,33,37,39H,5,12-14H2,1-4H3,(H,34,38);6-11,15-16,21,37,39H,5,12-14H2,1-4H3,(H,34,38)/t17-,21+;21-/m01/s1. The number of carbonyl (C=O) groups is 2. The summed E-state index contributed by atoms with van der Waals surface area (Å²) in [7, 11) is 0. The number of nitrogens with one attached hydrogen (secondary N) is 3. The van der Waals surface area contributed by atoms with Crippen LogP contribution in [0.1, 0.15) is 112 Å². The number of rotatable bonds is 21. The van der Waals surface area contributed by atoms with Crippen LogP contribution >= 0.6 is 23.2 Å². The van der Waals surface area contributed by atoms with Crippen LogP contribution in [0.15, 0.2) is 102 Å². The second kappa shape index (κ2) is 26.6. The second-order valence-corrected chi connectivity index (χ2v) is 20.5. The molecule has 22 heteroatoms. The lowest BCUT2D eigenvalue weighted by atomic mass is 10.0. The summed E-state index contributed by atoms with van der Waals surface area (Å²) >= 11 is 12.2. The van der Waals surface area contributed by atoms with Gasteiger partial charge >= 0.3 is 12.4 Å². The minimum Gasteiger partial charge on any atom is -0.396 e. The van der Waals surface area contributed by atoms with Gasteiger partial charge in [0, 0.05) is 73.0 Å². The zero-order valence-corrected chi connectivity index (χ0v) is 46.0. The summed E-state index contributed by atoms with van der Waals surface area (Å²) in [6.45, 7) is 13.6. The minimum absolute atomic E-state index is 0.00805. The number of aromatic nitrogens is 4. The molecule has 0 spiro atoms. The predicted molar refractivity (Wildman–Crippen MR) is 291 cm³/mol. The number of aliphatic imine (C=N–C) groups is 1. The van der Waals surface area contributed by atoms with Crippen molar-refractivity contribution in [3.05, 3.63) is 141 Å². The van der Waals surface area contributed by atoms with Crippen molar-refractivity contribution in [3.63, 3.8) is 0 Å². The summed E-state index contributed by atoms with van der Waals surface area (Å²) in [4.78, 5) is 38.4. The van der Waals surface area contributed by atoms with Crippen LogP contribution < -0.4 is 16.0 Å². The van der Waals surface area contributed by atoms with Crippen LogP contribution in [0.2, 0.25) is 10.0 Å². The fourth-order valence-corrected chi connectivity index (χ4v) is 8.59. The number of anilines is 1. The third-order valence-corrected chi connectivity index (χ3v) is 13.0. The van der Waals surface area contributed by atoms with Crippen molar-refractivity contribution >= 4 is 52.1 Å². The number of halogens is 8. The molecule has 0 saturated carbocycles. The smallest absolute Gasteiger partial charge is 0.396 e. The van der Waals surface area contributed by atoms with Gasteiger partial charge in [0.05, 0.1) is 32.8 Å². The molecule has 2 aromatic heterocycles. The molecule has 0 radical (unpaired) electrons. The maximum absolute atomic E-state index is 12.9. The molecule has 78 heavy (non-hydrogen) atoms. The van der Waals surface area contributed by atoms with E-state index in [1.165, 1.54) is 36.4 Å². The number of hydrogen-bond donors (Lipinski definition) is 7. The van der Waals surface area contributed by atoms with Crippen molar-refractivity contribution in [2.45, 2.75) is 136 Å². The highest BCUT2D eigenvalue weighted by Gasteiger charge is 2.36. The predicted octanol–water partition coefficient (Wildman–Crippen LogP) is 11.4. The number of alkyl halides is 6. The number of benzene rings is 4. The van der Waals surface area contributed by atoms with E-state index in [1.807, 2.05) is 83.9 Å². The number of imidazole rings is 2. The van der Waals surface area contributed by atoms with Crippen LogP contribution in [0.25, 0.3) is 22.5 Å². The molecule has 6 aromatic rings. The fourth-order valence-electron chi connectivity index (χ4n) is 8.13. The average molecular weight is 1130 g/mol. The normalized spacial score (nSPS) is 13.6. The Kier molecular flexibility index (Phi) is 21.3. The van der Waals surface area contributed by atoms with Crippen molar-refractivity contribution in [2.75, 3.05) is 18.5 Å². The van der Waals surface area contributed by atoms with E-state index < -0.39 is 59.2 Å². The minimum atomic E-state index is -4.58. The molecule has 6 rings (SSSR count). The van der Waals surface area contributed by atoms with Crippen LogP contribution in [0.4, 0.5) is 37.7 Å². The molecule has 2 heterocycles. The van der Waals surface area contributed by atoms with Crippen molar-refractivity contribution in [1.82, 2.24) is 29.7 Å². The summed E-state index contributed by atoms with van der Waals surface area (Å²) in [5.41, 5.74) is 2.19. The van der Waals surface area contributed by atoms with Gasteiger partial charge in [-0.3, -0.25) is 9.59 Å². The van der Waals surface area contributed by atoms with Gasteiger partial charge in [-0.25, -0.2) is 15.0 Å². The number of nitrogens with zero attached hydrogens (tertiary/aromatic N) is 5. The molecule has 0 fully saturated rings. The number of aryl methyl sites for hydroxylation is 2. The second-order valence-electron chi connectivity index (χ2n) is 19.7. The zero-order valence-electron chi connectivity index (χ0n) is 44.5. The Bertz CT molecular complexity index is 3000. The Morgan fingerprint density at radius 2 is 1.06 bits per heavy atom. The Balaban J connectivity index is 0.000000287. The van der Waals surface area contributed by atoms with Crippen LogP contribution in [0, 0.1) is 0 Å². The van der Waals surface area contributed by atoms with Crippen LogP contribution in [0.3, 0.4) is 0 Å². The van der Waals surface area contributed by atoms with Gasteiger partial charge in [0.15, 0.2) is 0 Å². The first-order valence-electron chi connectivity index (χ1n) is 25.1. The number of amides is 2. The van der Waals surface area contributed by atoms with Crippen LogP contribution in [-0.4, -0.2) is 101 Å². The van der Waals surface area contributed by atoms with Gasteiger partial charge in [-0.05, 0) is 129 Å². The summed E-state index contributed by atoms with van der Waals surface area (Å²) in [5, 5.41) is 47.8. The molecule has 0 aliphatic carbocycles. The third-order valence-electron chi connectivity index (χ3n) is 12.4. The van der Waals surface area contributed by atoms with Gasteiger partial charge in [-0.2, -0.15) is 26.3 Å². The van der Waals surface area contributed by atoms with E-state index in [2.05, 4.69) is 30.9 Å². The van der Waals surface area contributed by atoms with Crippen LogP contribution in [-0.2, 0) is 37.1 Å². The van der Waals surface area contributed by atoms with Crippen molar-refractivity contribution in [2.24, 2.45) is 4.99 Å². The SMILES string of the molecule is CCn1cc(-c2ccc(C[C@@H](CCO)NC(=O)c3ccc(N=C(C)C(F)(F)F)c(Cl)c3)cc2)nc1C(C)(C)O.CCn1cc(-c2ccc(C[C@@H](CCO)NC(=O)c3ccc(N[C@@H](C)C(F)(F)F)c(Cl)c3)cc2)nc1C(C)(C)O. The number of carbonyl (C=O) groups excluding carboxylic acids is 2. The lowest BCUT2D eigenvalue weighted by molar-refractivity contribution is -0.138. The molecule has 14 nitrogen and oxygen atoms in total. The molecule has 422 valence electrons. The molecule has 0 unspecified atom stereocenters. The summed E-state index contributed by atoms with van der Waals surface area (Å²) in [5.74, 6) is 0.227. The monoisotopic (exact) mass is 1130 g/mol. The molecular formula is C56H66Cl2F6N8O6. The average Bonchev–Trinajstić information content (AvgIpc) is 4.04. The highest BCUT2D eigenvalue weighted by atomic mass is 35.5. The van der Waals surface area contributed by atoms with Crippen LogP contribution in [0.5, 0.6) is 0 Å². The van der Waals surface area contributed by atoms with E-state index in [-0.39, 0.29) is 45.8 Å². The summed E-state index contributed by atoms with van der Waals surface area (Å²) < 4.78 is 80.7. The molecule has 0 bridgehead atoms. The quantitative estimate of drug-likeness (QED) is 0.0271. The van der Waals surface area contributed by atoms with Gasteiger partial charge in [0.1, 0.15) is 34.6 Å². The molecule has 3 atom stereocenters. The number of aliphatic hydroxyl groups is 4. The highest BCUT2D eigenvalue weighted by Crippen LogP contribution is 2.32. The molecule has 2 amide bonds. The first-order chi connectivity index (χ1) is 36.4. The number of hydrogen-bond acceptors (Lipinski definition) is 10. The number of aliphatic hydroxyl groups excluding tert-OH is 2. The third kappa shape index (κ3) is 17.4. The topological polar surface area (TPSA) is 199 Å². The Morgan fingerprint density at radius 3 is 1.40 bits per heavy atom. The van der Waals surface area contributed by atoms with E-state index in [1.54, 1.807) is 27.7 Å². The molecule has 0 aliphatic rings. The first kappa shape index (κ1) is 62.6. The van der Waals surface area contributed by atoms with Crippen molar-refractivity contribution in [3.8, 4) is 22.5 Å². The first-order valence-corrected chi connectivity index (χ1v) is 25.9. The van der Waals surface area contributed by atoms with Crippen molar-refractivity contribution < 1.29 is 56.4 Å². The molecule has 7 N–H and O–H groups in total. The van der Waals surface area contributed by atoms with Gasteiger partial charge in [-0.1, -0.05) is 71.7 Å². The largest absolute Gasteiger partial charge is 0.429 e. The molecular weight excluding hydrogens is 1070 g/mol. The maximum atomic E-state index is 12.9. The lowest BCUT2D eigenvalue weighted by Crippen LogP contribution is -2.37. The maximum Gasteiger partial charge on any atom is 0.429 e. The van der Waals surface area contributed by atoms with E-state index in [9.17, 15) is 56.4 Å². The Morgan fingerprint density at radius 1 is 0.654 bits per heavy atom. The van der Waals surface area contributed by atoms with Gasteiger partial charge in [0.2, 0.25) is 0 Å². The van der Waals surface area contributed by atoms with Gasteiger partial charge < -0.3 is 45.5 Å². The fraction of sp³-hybridized carbons (Fsp3) is 0.411. The Hall–Kier alpha value is -6.29.